The maximum absolute atomic E-state index is 12.1. The van der Waals surface area contributed by atoms with Crippen LogP contribution in [-0.2, 0) is 9.53 Å². The van der Waals surface area contributed by atoms with Gasteiger partial charge in [0.15, 0.2) is 5.78 Å². The third-order valence-electron chi connectivity index (χ3n) is 4.35. The first-order chi connectivity index (χ1) is 10.3. The van der Waals surface area contributed by atoms with Gasteiger partial charge < -0.3 is 4.74 Å². The number of nitrogens with zero attached hydrogens (tertiary/aromatic N) is 1. The summed E-state index contributed by atoms with van der Waals surface area (Å²) >= 11 is 0. The van der Waals surface area contributed by atoms with Crippen molar-refractivity contribution in [1.82, 2.24) is 9.55 Å². The maximum atomic E-state index is 12.1. The minimum Gasteiger partial charge on any atom is -0.354 e. The predicted molar refractivity (Wildman–Crippen MR) is 83.6 cm³/mol. The Bertz CT molecular complexity index is 701. The Labute approximate surface area is 128 Å². The number of ether oxygens (including phenoxy) is 1. The summed E-state index contributed by atoms with van der Waals surface area (Å²) in [6.07, 6.45) is 4.74. The molecule has 1 fully saturated rings. The van der Waals surface area contributed by atoms with Gasteiger partial charge in [-0.05, 0) is 31.4 Å². The summed E-state index contributed by atoms with van der Waals surface area (Å²) in [5.74, 6) is 0.311. The minimum absolute atomic E-state index is 0.0926. The van der Waals surface area contributed by atoms with Crippen molar-refractivity contribution < 1.29 is 9.53 Å². The number of rotatable bonds is 4. The second-order valence-corrected chi connectivity index (χ2v) is 5.89. The number of ketones is 1. The van der Waals surface area contributed by atoms with Gasteiger partial charge in [-0.15, -0.1) is 0 Å². The van der Waals surface area contributed by atoms with E-state index in [2.05, 4.69) is 11.9 Å². The fourth-order valence-electron chi connectivity index (χ4n) is 2.83. The number of hydrogen-bond donors (Lipinski definition) is 1. The van der Waals surface area contributed by atoms with E-state index in [1.54, 1.807) is 0 Å². The van der Waals surface area contributed by atoms with Gasteiger partial charge in [-0.25, -0.2) is 4.79 Å². The van der Waals surface area contributed by atoms with E-state index in [1.807, 2.05) is 13.8 Å². The first-order valence-corrected chi connectivity index (χ1v) is 7.54. The molecule has 1 aromatic heterocycles. The van der Waals surface area contributed by atoms with E-state index >= 15 is 0 Å². The summed E-state index contributed by atoms with van der Waals surface area (Å²) in [6, 6.07) is 0. The van der Waals surface area contributed by atoms with Gasteiger partial charge in [0.1, 0.15) is 6.23 Å². The lowest BCUT2D eigenvalue weighted by molar-refractivity contribution is -0.112. The van der Waals surface area contributed by atoms with Crippen LogP contribution in [0.5, 0.6) is 0 Å². The first-order valence-electron chi connectivity index (χ1n) is 7.54. The fraction of sp³-hybridized carbons (Fsp3) is 0.562. The van der Waals surface area contributed by atoms with E-state index in [4.69, 9.17) is 4.74 Å². The number of nitrogens with one attached hydrogen (secondary N) is 1. The van der Waals surface area contributed by atoms with Gasteiger partial charge in [0.2, 0.25) is 0 Å². The van der Waals surface area contributed by atoms with Gasteiger partial charge in [0.05, 0.1) is 11.7 Å². The smallest absolute Gasteiger partial charge is 0.330 e. The van der Waals surface area contributed by atoms with Gasteiger partial charge >= 0.3 is 5.69 Å². The van der Waals surface area contributed by atoms with Crippen LogP contribution in [0, 0.1) is 11.8 Å². The zero-order valence-electron chi connectivity index (χ0n) is 13.3. The highest BCUT2D eigenvalue weighted by molar-refractivity contribution is 5.91. The van der Waals surface area contributed by atoms with Crippen LogP contribution in [0.4, 0.5) is 0 Å². The van der Waals surface area contributed by atoms with Gasteiger partial charge in [0, 0.05) is 12.1 Å². The van der Waals surface area contributed by atoms with Crippen LogP contribution in [0.2, 0.25) is 0 Å². The molecule has 0 aliphatic carbocycles. The first kappa shape index (κ1) is 16.4. The number of allylic oxidation sites excluding steroid dienone is 1. The second kappa shape index (κ2) is 6.44. The summed E-state index contributed by atoms with van der Waals surface area (Å²) in [5, 5.41) is 0. The molecule has 0 aromatic carbocycles. The number of carbonyl (C=O) groups excluding carboxylic acids is 1. The average molecular weight is 306 g/mol. The molecule has 0 bridgehead atoms. The lowest BCUT2D eigenvalue weighted by Gasteiger charge is -2.18. The largest absolute Gasteiger partial charge is 0.354 e. The Morgan fingerprint density at radius 2 is 2.05 bits per heavy atom. The molecule has 1 aromatic rings. The molecular weight excluding hydrogens is 284 g/mol. The highest BCUT2D eigenvalue weighted by atomic mass is 16.5. The third-order valence-corrected chi connectivity index (χ3v) is 4.35. The third kappa shape index (κ3) is 3.11. The standard InChI is InChI=1S/C16H22N2O4/c1-5-13-10(3)11(4)15(22-13)18-8-12(7-6-9(2)19)14(20)17-16(18)21/h6-8,10-11,13,15H,5H2,1-4H3,(H,17,20,21)/b7-6+. The molecule has 0 saturated carbocycles. The van der Waals surface area contributed by atoms with Crippen LogP contribution in [-0.4, -0.2) is 21.4 Å². The molecule has 4 atom stereocenters. The molecule has 0 spiro atoms. The van der Waals surface area contributed by atoms with Crippen LogP contribution in [0.15, 0.2) is 21.9 Å². The van der Waals surface area contributed by atoms with E-state index in [1.165, 1.54) is 29.8 Å². The number of H-pyrrole nitrogens is 1. The van der Waals surface area contributed by atoms with Crippen LogP contribution < -0.4 is 11.2 Å². The van der Waals surface area contributed by atoms with Gasteiger partial charge in [-0.2, -0.15) is 0 Å². The molecule has 0 radical (unpaired) electrons. The Morgan fingerprint density at radius 3 is 2.59 bits per heavy atom. The topological polar surface area (TPSA) is 81.2 Å². The van der Waals surface area contributed by atoms with Crippen molar-refractivity contribution in [2.75, 3.05) is 0 Å². The molecule has 1 N–H and O–H groups in total. The molecule has 4 unspecified atom stereocenters. The quantitative estimate of drug-likeness (QED) is 0.859. The SMILES string of the molecule is CCC1OC(n2cc(/C=C/C(C)=O)c(=O)[nH]c2=O)C(C)C1C. The monoisotopic (exact) mass is 306 g/mol. The van der Waals surface area contributed by atoms with Crippen molar-refractivity contribution in [2.24, 2.45) is 11.8 Å². The minimum atomic E-state index is -0.510. The fourth-order valence-corrected chi connectivity index (χ4v) is 2.83. The lowest BCUT2D eigenvalue weighted by Crippen LogP contribution is -2.35. The molecule has 22 heavy (non-hydrogen) atoms. The summed E-state index contributed by atoms with van der Waals surface area (Å²) < 4.78 is 7.39. The number of aromatic nitrogens is 2. The molecule has 1 aliphatic heterocycles. The zero-order valence-corrected chi connectivity index (χ0v) is 13.3. The number of aromatic amines is 1. The van der Waals surface area contributed by atoms with Crippen LogP contribution >= 0.6 is 0 Å². The predicted octanol–water partition coefficient (Wildman–Crippen LogP) is 1.72. The van der Waals surface area contributed by atoms with E-state index in [9.17, 15) is 14.4 Å². The van der Waals surface area contributed by atoms with E-state index < -0.39 is 17.5 Å². The van der Waals surface area contributed by atoms with Crippen molar-refractivity contribution in [3.63, 3.8) is 0 Å². The van der Waals surface area contributed by atoms with Crippen LogP contribution in [0.1, 0.15) is 45.9 Å². The summed E-state index contributed by atoms with van der Waals surface area (Å²) in [5.41, 5.74) is -0.742. The van der Waals surface area contributed by atoms with E-state index in [0.717, 1.165) is 6.42 Å². The Morgan fingerprint density at radius 1 is 1.36 bits per heavy atom. The van der Waals surface area contributed by atoms with Gasteiger partial charge in [-0.3, -0.25) is 19.1 Å². The summed E-state index contributed by atoms with van der Waals surface area (Å²) in [7, 11) is 0. The molecule has 120 valence electrons. The molecule has 0 amide bonds. The summed E-state index contributed by atoms with van der Waals surface area (Å²) in [6.45, 7) is 7.59. The highest BCUT2D eigenvalue weighted by Crippen LogP contribution is 2.39. The normalized spacial score (nSPS) is 28.4. The van der Waals surface area contributed by atoms with Crippen molar-refractivity contribution in [2.45, 2.75) is 46.4 Å². The van der Waals surface area contributed by atoms with E-state index in [-0.39, 0.29) is 23.4 Å². The Hall–Kier alpha value is -1.95. The molecular formula is C16H22N2O4. The highest BCUT2D eigenvalue weighted by Gasteiger charge is 2.39. The molecule has 1 aliphatic rings. The molecule has 2 rings (SSSR count). The zero-order chi connectivity index (χ0) is 16.4. The number of hydrogen-bond acceptors (Lipinski definition) is 4. The van der Waals surface area contributed by atoms with Crippen molar-refractivity contribution in [3.05, 3.63) is 38.7 Å². The average Bonchev–Trinajstić information content (AvgIpc) is 2.74. The Balaban J connectivity index is 2.44. The lowest BCUT2D eigenvalue weighted by atomic mass is 9.91. The van der Waals surface area contributed by atoms with Crippen molar-refractivity contribution in [1.29, 1.82) is 0 Å². The van der Waals surface area contributed by atoms with Crippen molar-refractivity contribution in [3.8, 4) is 0 Å². The number of carbonyl (C=O) groups is 1. The molecule has 6 heteroatoms. The van der Waals surface area contributed by atoms with Gasteiger partial charge in [-0.1, -0.05) is 20.8 Å². The van der Waals surface area contributed by atoms with Crippen molar-refractivity contribution >= 4 is 11.9 Å². The Kier molecular flexibility index (Phi) is 4.81. The second-order valence-electron chi connectivity index (χ2n) is 5.89. The van der Waals surface area contributed by atoms with Crippen LogP contribution in [0.3, 0.4) is 0 Å². The van der Waals surface area contributed by atoms with Crippen LogP contribution in [0.25, 0.3) is 6.08 Å². The molecule has 6 nitrogen and oxygen atoms in total. The van der Waals surface area contributed by atoms with E-state index in [0.29, 0.717) is 5.92 Å². The van der Waals surface area contributed by atoms with Gasteiger partial charge in [0.25, 0.3) is 5.56 Å². The summed E-state index contributed by atoms with van der Waals surface area (Å²) in [4.78, 5) is 37.2. The molecule has 2 heterocycles. The maximum Gasteiger partial charge on any atom is 0.330 e. The molecule has 1 saturated heterocycles.